The van der Waals surface area contributed by atoms with E-state index in [4.69, 9.17) is 25.8 Å². The van der Waals surface area contributed by atoms with Crippen molar-refractivity contribution >= 4 is 40.3 Å². The molecule has 0 saturated carbocycles. The molecular formula is C36H36ClN5O6. The van der Waals surface area contributed by atoms with E-state index in [9.17, 15) is 14.4 Å². The fourth-order valence-corrected chi connectivity index (χ4v) is 6.96. The average Bonchev–Trinajstić information content (AvgIpc) is 3.33. The quantitative estimate of drug-likeness (QED) is 0.117. The van der Waals surface area contributed by atoms with Crippen LogP contribution in [-0.4, -0.2) is 62.3 Å². The lowest BCUT2D eigenvalue weighted by molar-refractivity contribution is -0.140. The van der Waals surface area contributed by atoms with E-state index in [-0.39, 0.29) is 54.5 Å². The molecule has 1 aliphatic carbocycles. The normalized spacial score (nSPS) is 24.6. The Morgan fingerprint density at radius 1 is 1.19 bits per heavy atom. The first kappa shape index (κ1) is 31.8. The molecule has 248 valence electrons. The summed E-state index contributed by atoms with van der Waals surface area (Å²) >= 11 is 6.02. The molecule has 2 saturated heterocycles. The number of aromatic nitrogens is 4. The Kier molecular flexibility index (Phi) is 8.43. The van der Waals surface area contributed by atoms with Crippen LogP contribution >= 0.6 is 11.6 Å². The lowest BCUT2D eigenvalue weighted by atomic mass is 9.84. The topological polar surface area (TPSA) is 130 Å². The van der Waals surface area contributed by atoms with Crippen LogP contribution in [0.5, 0.6) is 5.75 Å². The summed E-state index contributed by atoms with van der Waals surface area (Å²) in [5.74, 6) is -0.231. The molecule has 7 rings (SSSR count). The standard InChI is InChI=1S/C36H36ClN5O6/c1-21-28-12-6-22(5-4-14-36(2)33(48-36)32(28)47-35(21)45)18-41-20-26(39-40-41)17-38-31(43)15-24-19-42(30-13-11-27(46-3)16-29(24)30)34(44)23-7-9-25(37)10-8-23/h5,7-11,13,16,19-20,28,32-33H,1,4,6,12,14-15,17-18H2,2-3H3,(H,38,43)/b22-5+/t28-,32-,33-,36+/m0/s1. The molecular weight excluding hydrogens is 634 g/mol. The number of carbonyl (C=O) groups is 3. The van der Waals surface area contributed by atoms with Crippen molar-refractivity contribution in [2.75, 3.05) is 7.11 Å². The molecule has 4 heterocycles. The third kappa shape index (κ3) is 6.27. The van der Waals surface area contributed by atoms with Crippen molar-refractivity contribution in [2.45, 2.75) is 69.9 Å². The van der Waals surface area contributed by atoms with E-state index in [0.29, 0.717) is 45.2 Å². The second-order valence-electron chi connectivity index (χ2n) is 12.9. The van der Waals surface area contributed by atoms with Crippen molar-refractivity contribution in [3.63, 3.8) is 0 Å². The molecule has 3 aliphatic rings. The van der Waals surface area contributed by atoms with Gasteiger partial charge in [0.1, 0.15) is 23.7 Å². The Labute approximate surface area is 282 Å². The molecule has 2 aromatic carbocycles. The van der Waals surface area contributed by atoms with Crippen LogP contribution in [0.25, 0.3) is 10.9 Å². The maximum atomic E-state index is 13.4. The number of nitrogens with zero attached hydrogens (tertiary/aromatic N) is 4. The minimum Gasteiger partial charge on any atom is -0.497 e. The number of methoxy groups -OCH3 is 1. The van der Waals surface area contributed by atoms with E-state index in [1.165, 1.54) is 5.57 Å². The highest BCUT2D eigenvalue weighted by Gasteiger charge is 2.61. The molecule has 2 aliphatic heterocycles. The SMILES string of the molecule is C=C1C(=O)O[C@H]2[C@H]1CC/C(Cn1cc(CNC(=O)Cc3cn(C(=O)c4ccc(Cl)cc4)c4ccc(OC)cc34)nn1)=C\CC[C@@]1(C)O[C@@H]21. The van der Waals surface area contributed by atoms with E-state index in [1.54, 1.807) is 52.9 Å². The third-order valence-corrected chi connectivity index (χ3v) is 9.86. The van der Waals surface area contributed by atoms with E-state index in [1.807, 2.05) is 18.3 Å². The zero-order valence-electron chi connectivity index (χ0n) is 26.8. The van der Waals surface area contributed by atoms with Gasteiger partial charge in [0.25, 0.3) is 5.91 Å². The summed E-state index contributed by atoms with van der Waals surface area (Å²) in [6.45, 7) is 6.82. The first-order chi connectivity index (χ1) is 23.1. The molecule has 1 amide bonds. The molecule has 0 radical (unpaired) electrons. The molecule has 0 unspecified atom stereocenters. The van der Waals surface area contributed by atoms with Gasteiger partial charge in [-0.15, -0.1) is 5.10 Å². The summed E-state index contributed by atoms with van der Waals surface area (Å²) in [6, 6.07) is 12.1. The summed E-state index contributed by atoms with van der Waals surface area (Å²) in [4.78, 5) is 38.8. The van der Waals surface area contributed by atoms with Gasteiger partial charge in [0, 0.05) is 33.7 Å². The largest absolute Gasteiger partial charge is 0.497 e. The number of halogens is 1. The van der Waals surface area contributed by atoms with Crippen molar-refractivity contribution < 1.29 is 28.6 Å². The van der Waals surface area contributed by atoms with Gasteiger partial charge < -0.3 is 19.5 Å². The van der Waals surface area contributed by atoms with Crippen LogP contribution in [0.1, 0.15) is 54.2 Å². The van der Waals surface area contributed by atoms with E-state index >= 15 is 0 Å². The van der Waals surface area contributed by atoms with Gasteiger partial charge in [-0.25, -0.2) is 9.48 Å². The average molecular weight is 670 g/mol. The second-order valence-corrected chi connectivity index (χ2v) is 13.3. The number of hydrogen-bond donors (Lipinski definition) is 1. The maximum Gasteiger partial charge on any atom is 0.334 e. The Bertz CT molecular complexity index is 1960. The second kappa shape index (κ2) is 12.7. The number of ether oxygens (including phenoxy) is 3. The van der Waals surface area contributed by atoms with Crippen LogP contribution in [0.2, 0.25) is 5.02 Å². The first-order valence-electron chi connectivity index (χ1n) is 16.0. The third-order valence-electron chi connectivity index (χ3n) is 9.61. The minimum atomic E-state index is -0.326. The molecule has 1 N–H and O–H groups in total. The Morgan fingerprint density at radius 2 is 2.00 bits per heavy atom. The number of esters is 1. The number of nitrogens with one attached hydrogen (secondary N) is 1. The number of fused-ring (bicyclic) bond motifs is 4. The van der Waals surface area contributed by atoms with Crippen LogP contribution in [0.3, 0.4) is 0 Å². The molecule has 4 aromatic rings. The maximum absolute atomic E-state index is 13.4. The predicted molar refractivity (Wildman–Crippen MR) is 178 cm³/mol. The Morgan fingerprint density at radius 3 is 2.79 bits per heavy atom. The number of amides is 1. The highest BCUT2D eigenvalue weighted by atomic mass is 35.5. The van der Waals surface area contributed by atoms with Crippen LogP contribution in [0, 0.1) is 5.92 Å². The van der Waals surface area contributed by atoms with Crippen molar-refractivity contribution in [3.05, 3.63) is 101 Å². The molecule has 48 heavy (non-hydrogen) atoms. The zero-order valence-corrected chi connectivity index (χ0v) is 27.5. The van der Waals surface area contributed by atoms with Gasteiger partial charge in [0.15, 0.2) is 0 Å². The van der Waals surface area contributed by atoms with Crippen molar-refractivity contribution in [3.8, 4) is 5.75 Å². The highest BCUT2D eigenvalue weighted by molar-refractivity contribution is 6.30. The molecule has 12 heteroatoms. The van der Waals surface area contributed by atoms with E-state index in [2.05, 4.69) is 35.2 Å². The van der Waals surface area contributed by atoms with E-state index < -0.39 is 0 Å². The van der Waals surface area contributed by atoms with Gasteiger partial charge in [-0.05, 0) is 80.6 Å². The number of benzene rings is 2. The summed E-state index contributed by atoms with van der Waals surface area (Å²) in [5, 5.41) is 12.8. The molecule has 11 nitrogen and oxygen atoms in total. The van der Waals surface area contributed by atoms with Crippen molar-refractivity contribution in [1.29, 1.82) is 0 Å². The Balaban J connectivity index is 1.00. The number of hydrogen-bond acceptors (Lipinski definition) is 8. The summed E-state index contributed by atoms with van der Waals surface area (Å²) < 4.78 is 20.4. The molecule has 4 atom stereocenters. The van der Waals surface area contributed by atoms with Gasteiger partial charge in [-0.3, -0.25) is 14.2 Å². The number of carbonyl (C=O) groups excluding carboxylic acids is 3. The zero-order chi connectivity index (χ0) is 33.6. The van der Waals surface area contributed by atoms with Gasteiger partial charge in [0.2, 0.25) is 5.91 Å². The van der Waals surface area contributed by atoms with Gasteiger partial charge in [0.05, 0.1) is 43.9 Å². The van der Waals surface area contributed by atoms with Gasteiger partial charge in [-0.2, -0.15) is 0 Å². The number of rotatable bonds is 8. The fourth-order valence-electron chi connectivity index (χ4n) is 6.84. The van der Waals surface area contributed by atoms with Gasteiger partial charge in [-0.1, -0.05) is 35.0 Å². The van der Waals surface area contributed by atoms with Crippen LogP contribution in [0.15, 0.2) is 78.7 Å². The van der Waals surface area contributed by atoms with Crippen LogP contribution < -0.4 is 10.1 Å². The minimum absolute atomic E-state index is 0.0503. The first-order valence-corrected chi connectivity index (χ1v) is 16.4. The molecule has 0 spiro atoms. The highest BCUT2D eigenvalue weighted by Crippen LogP contribution is 2.49. The molecule has 2 fully saturated rings. The molecule has 0 bridgehead atoms. The van der Waals surface area contributed by atoms with Crippen LogP contribution in [-0.2, 0) is 38.6 Å². The van der Waals surface area contributed by atoms with Crippen molar-refractivity contribution in [1.82, 2.24) is 24.9 Å². The molecule has 2 aromatic heterocycles. The lowest BCUT2D eigenvalue weighted by Gasteiger charge is -2.20. The summed E-state index contributed by atoms with van der Waals surface area (Å²) in [6.07, 6.45) is 8.64. The smallest absolute Gasteiger partial charge is 0.334 e. The number of allylic oxidation sites excluding steroid dienone is 2. The van der Waals surface area contributed by atoms with E-state index in [0.717, 1.165) is 31.1 Å². The predicted octanol–water partition coefficient (Wildman–Crippen LogP) is 5.20. The Hall–Kier alpha value is -4.74. The monoisotopic (exact) mass is 669 g/mol. The number of epoxide rings is 1. The van der Waals surface area contributed by atoms with Gasteiger partial charge >= 0.3 is 5.97 Å². The fraction of sp³-hybridized carbons (Fsp3) is 0.361. The van der Waals surface area contributed by atoms with Crippen molar-refractivity contribution in [2.24, 2.45) is 5.92 Å². The lowest BCUT2D eigenvalue weighted by Crippen LogP contribution is -2.29. The van der Waals surface area contributed by atoms with Crippen LogP contribution in [0.4, 0.5) is 0 Å². The summed E-state index contributed by atoms with van der Waals surface area (Å²) in [7, 11) is 1.57. The summed E-state index contributed by atoms with van der Waals surface area (Å²) in [5.41, 5.74) is 3.87.